The molecule has 3 rings (SSSR count). The molecule has 0 atom stereocenters. The number of aryl methyl sites for hydroxylation is 1. The van der Waals surface area contributed by atoms with Gasteiger partial charge in [-0.2, -0.15) is 0 Å². The zero-order chi connectivity index (χ0) is 14.8. The van der Waals surface area contributed by atoms with Crippen molar-refractivity contribution in [3.63, 3.8) is 0 Å². The lowest BCUT2D eigenvalue weighted by Crippen LogP contribution is -2.05. The van der Waals surface area contributed by atoms with Gasteiger partial charge in [0.1, 0.15) is 17.5 Å². The van der Waals surface area contributed by atoms with E-state index in [4.69, 9.17) is 11.6 Å². The summed E-state index contributed by atoms with van der Waals surface area (Å²) in [7, 11) is 0. The van der Waals surface area contributed by atoms with E-state index in [-0.39, 0.29) is 0 Å². The number of rotatable bonds is 5. The van der Waals surface area contributed by atoms with Gasteiger partial charge in [0, 0.05) is 18.5 Å². The minimum Gasteiger partial charge on any atom is -0.370 e. The Bertz CT molecular complexity index is 653. The van der Waals surface area contributed by atoms with Crippen molar-refractivity contribution in [3.05, 3.63) is 40.7 Å². The standard InChI is InChI=1S/C16H19ClN4/c1-3-18-14-9-15(21-16(20-14)11-5-6-11)19-13-8-10(2)4-7-12(13)17/h4,7-9,11H,3,5-6H2,1-2H3,(H2,18,19,20,21). The molecule has 0 aliphatic heterocycles. The fourth-order valence-electron chi connectivity index (χ4n) is 2.20. The molecule has 1 fully saturated rings. The Hall–Kier alpha value is -1.81. The van der Waals surface area contributed by atoms with E-state index in [0.29, 0.717) is 10.9 Å². The van der Waals surface area contributed by atoms with Gasteiger partial charge in [-0.25, -0.2) is 9.97 Å². The highest BCUT2D eigenvalue weighted by Gasteiger charge is 2.27. The van der Waals surface area contributed by atoms with Gasteiger partial charge in [-0.1, -0.05) is 17.7 Å². The van der Waals surface area contributed by atoms with Gasteiger partial charge in [0.2, 0.25) is 0 Å². The summed E-state index contributed by atoms with van der Waals surface area (Å²) in [6.45, 7) is 4.94. The minimum absolute atomic E-state index is 0.511. The highest BCUT2D eigenvalue weighted by Crippen LogP contribution is 2.39. The van der Waals surface area contributed by atoms with E-state index in [1.807, 2.05) is 31.2 Å². The van der Waals surface area contributed by atoms with E-state index in [1.54, 1.807) is 0 Å². The summed E-state index contributed by atoms with van der Waals surface area (Å²) in [4.78, 5) is 9.19. The molecule has 5 heteroatoms. The maximum Gasteiger partial charge on any atom is 0.136 e. The van der Waals surface area contributed by atoms with Crippen LogP contribution < -0.4 is 10.6 Å². The molecular formula is C16H19ClN4. The summed E-state index contributed by atoms with van der Waals surface area (Å²) >= 11 is 6.24. The molecule has 1 aliphatic carbocycles. The van der Waals surface area contributed by atoms with Crippen molar-refractivity contribution in [2.45, 2.75) is 32.6 Å². The van der Waals surface area contributed by atoms with Crippen molar-refractivity contribution in [1.82, 2.24) is 9.97 Å². The molecule has 4 nitrogen and oxygen atoms in total. The van der Waals surface area contributed by atoms with Crippen LogP contribution in [-0.4, -0.2) is 16.5 Å². The quantitative estimate of drug-likeness (QED) is 0.854. The van der Waals surface area contributed by atoms with Crippen molar-refractivity contribution in [1.29, 1.82) is 0 Å². The fourth-order valence-corrected chi connectivity index (χ4v) is 2.36. The number of nitrogens with zero attached hydrogens (tertiary/aromatic N) is 2. The first-order chi connectivity index (χ1) is 10.2. The molecule has 2 aromatic rings. The number of benzene rings is 1. The van der Waals surface area contributed by atoms with Crippen molar-refractivity contribution in [3.8, 4) is 0 Å². The largest absolute Gasteiger partial charge is 0.370 e. The van der Waals surface area contributed by atoms with Crippen LogP contribution in [0.1, 0.15) is 37.1 Å². The summed E-state index contributed by atoms with van der Waals surface area (Å²) < 4.78 is 0. The lowest BCUT2D eigenvalue weighted by atomic mass is 10.2. The van der Waals surface area contributed by atoms with Crippen LogP contribution in [0.5, 0.6) is 0 Å². The van der Waals surface area contributed by atoms with E-state index in [2.05, 4.69) is 27.5 Å². The lowest BCUT2D eigenvalue weighted by molar-refractivity contribution is 0.927. The number of nitrogens with one attached hydrogen (secondary N) is 2. The topological polar surface area (TPSA) is 49.8 Å². The highest BCUT2D eigenvalue weighted by atomic mass is 35.5. The SMILES string of the molecule is CCNc1cc(Nc2cc(C)ccc2Cl)nc(C2CC2)n1. The Morgan fingerprint density at radius 2 is 1.95 bits per heavy atom. The lowest BCUT2D eigenvalue weighted by Gasteiger charge is -2.12. The van der Waals surface area contributed by atoms with Crippen LogP contribution in [0.25, 0.3) is 0 Å². The van der Waals surface area contributed by atoms with Gasteiger partial charge < -0.3 is 10.6 Å². The average Bonchev–Trinajstić information content (AvgIpc) is 3.28. The summed E-state index contributed by atoms with van der Waals surface area (Å²) in [5, 5.41) is 7.26. The van der Waals surface area contributed by atoms with E-state index in [9.17, 15) is 0 Å². The third kappa shape index (κ3) is 3.45. The van der Waals surface area contributed by atoms with Crippen LogP contribution in [0.2, 0.25) is 5.02 Å². The molecule has 110 valence electrons. The zero-order valence-electron chi connectivity index (χ0n) is 12.3. The third-order valence-corrected chi connectivity index (χ3v) is 3.76. The summed E-state index contributed by atoms with van der Waals surface area (Å²) in [5.41, 5.74) is 2.03. The Kier molecular flexibility index (Phi) is 3.97. The summed E-state index contributed by atoms with van der Waals surface area (Å²) in [6, 6.07) is 7.84. The number of anilines is 3. The number of hydrogen-bond acceptors (Lipinski definition) is 4. The number of aromatic nitrogens is 2. The van der Waals surface area contributed by atoms with Crippen molar-refractivity contribution in [2.75, 3.05) is 17.2 Å². The second-order valence-electron chi connectivity index (χ2n) is 5.41. The predicted octanol–water partition coefficient (Wildman–Crippen LogP) is 4.49. The summed E-state index contributed by atoms with van der Waals surface area (Å²) in [5.74, 6) is 3.08. The van der Waals surface area contributed by atoms with E-state index in [0.717, 1.165) is 35.3 Å². The molecule has 1 aromatic heterocycles. The molecule has 1 saturated carbocycles. The van der Waals surface area contributed by atoms with Gasteiger partial charge in [-0.15, -0.1) is 0 Å². The number of halogens is 1. The Morgan fingerprint density at radius 1 is 1.19 bits per heavy atom. The van der Waals surface area contributed by atoms with Gasteiger partial charge in [0.25, 0.3) is 0 Å². The Morgan fingerprint density at radius 3 is 2.67 bits per heavy atom. The number of hydrogen-bond donors (Lipinski definition) is 2. The van der Waals surface area contributed by atoms with E-state index < -0.39 is 0 Å². The summed E-state index contributed by atoms with van der Waals surface area (Å²) in [6.07, 6.45) is 2.36. The maximum atomic E-state index is 6.24. The predicted molar refractivity (Wildman–Crippen MR) is 87.6 cm³/mol. The minimum atomic E-state index is 0.511. The van der Waals surface area contributed by atoms with Gasteiger partial charge in [-0.3, -0.25) is 0 Å². The zero-order valence-corrected chi connectivity index (χ0v) is 13.0. The normalized spacial score (nSPS) is 14.0. The molecule has 0 unspecified atom stereocenters. The molecule has 1 aliphatic rings. The molecule has 21 heavy (non-hydrogen) atoms. The van der Waals surface area contributed by atoms with Gasteiger partial charge in [0.05, 0.1) is 10.7 Å². The molecule has 2 N–H and O–H groups in total. The molecule has 0 amide bonds. The average molecular weight is 303 g/mol. The monoisotopic (exact) mass is 302 g/mol. The van der Waals surface area contributed by atoms with Crippen LogP contribution in [0.3, 0.4) is 0 Å². The second kappa shape index (κ2) is 5.90. The first kappa shape index (κ1) is 14.1. The maximum absolute atomic E-state index is 6.24. The molecule has 1 heterocycles. The van der Waals surface area contributed by atoms with Gasteiger partial charge >= 0.3 is 0 Å². The first-order valence-electron chi connectivity index (χ1n) is 7.31. The third-order valence-electron chi connectivity index (χ3n) is 3.43. The van der Waals surface area contributed by atoms with E-state index >= 15 is 0 Å². The second-order valence-corrected chi connectivity index (χ2v) is 5.82. The highest BCUT2D eigenvalue weighted by molar-refractivity contribution is 6.33. The molecule has 0 bridgehead atoms. The molecule has 0 saturated heterocycles. The molecule has 0 spiro atoms. The van der Waals surface area contributed by atoms with Gasteiger partial charge in [-0.05, 0) is 44.4 Å². The molecular weight excluding hydrogens is 284 g/mol. The van der Waals surface area contributed by atoms with Crippen LogP contribution in [0.15, 0.2) is 24.3 Å². The van der Waals surface area contributed by atoms with Crippen LogP contribution in [-0.2, 0) is 0 Å². The Balaban J connectivity index is 1.91. The van der Waals surface area contributed by atoms with E-state index in [1.165, 1.54) is 12.8 Å². The van der Waals surface area contributed by atoms with Crippen LogP contribution in [0.4, 0.5) is 17.3 Å². The Labute approximate surface area is 130 Å². The van der Waals surface area contributed by atoms with Gasteiger partial charge in [0.15, 0.2) is 0 Å². The molecule has 0 radical (unpaired) electrons. The molecule has 1 aromatic carbocycles. The van der Waals surface area contributed by atoms with Crippen LogP contribution >= 0.6 is 11.6 Å². The van der Waals surface area contributed by atoms with Crippen molar-refractivity contribution >= 4 is 28.9 Å². The van der Waals surface area contributed by atoms with Crippen molar-refractivity contribution in [2.24, 2.45) is 0 Å². The van der Waals surface area contributed by atoms with Crippen LogP contribution in [0, 0.1) is 6.92 Å². The first-order valence-corrected chi connectivity index (χ1v) is 7.69. The van der Waals surface area contributed by atoms with Crippen molar-refractivity contribution < 1.29 is 0 Å². The smallest absolute Gasteiger partial charge is 0.136 e. The fraction of sp³-hybridized carbons (Fsp3) is 0.375.